The van der Waals surface area contributed by atoms with Gasteiger partial charge in [-0.05, 0) is 25.1 Å². The summed E-state index contributed by atoms with van der Waals surface area (Å²) in [6.07, 6.45) is 2.43. The summed E-state index contributed by atoms with van der Waals surface area (Å²) >= 11 is 1.46. The smallest absolute Gasteiger partial charge is 0.185 e. The van der Waals surface area contributed by atoms with E-state index < -0.39 is 9.84 Å². The average Bonchev–Trinajstić information content (AvgIpc) is 2.45. The van der Waals surface area contributed by atoms with E-state index in [1.54, 1.807) is 12.1 Å². The Kier molecular flexibility index (Phi) is 3.09. The lowest BCUT2D eigenvalue weighted by Crippen LogP contribution is -1.97. The molecule has 5 heteroatoms. The highest BCUT2D eigenvalue weighted by Crippen LogP contribution is 2.19. The van der Waals surface area contributed by atoms with Crippen molar-refractivity contribution in [2.45, 2.75) is 6.92 Å². The molecule has 0 aliphatic heterocycles. The van der Waals surface area contributed by atoms with Crippen LogP contribution in [0.4, 0.5) is 0 Å². The zero-order valence-corrected chi connectivity index (χ0v) is 9.45. The molecule has 0 N–H and O–H groups in total. The summed E-state index contributed by atoms with van der Waals surface area (Å²) in [5.74, 6) is 0. The molecule has 0 atom stereocenters. The summed E-state index contributed by atoms with van der Waals surface area (Å²) < 4.78 is 22.2. The normalized spacial score (nSPS) is 12.5. The highest BCUT2D eigenvalue weighted by molar-refractivity contribution is 7.95. The van der Waals surface area contributed by atoms with Gasteiger partial charge in [-0.2, -0.15) is 5.26 Å². The van der Waals surface area contributed by atoms with Crippen molar-refractivity contribution in [2.75, 3.05) is 6.26 Å². The Labute approximate surface area is 87.2 Å². The summed E-state index contributed by atoms with van der Waals surface area (Å²) in [5.41, 5.74) is 0. The minimum Gasteiger partial charge on any atom is -0.223 e. The molecule has 1 aromatic rings. The monoisotopic (exact) mass is 227 g/mol. The molecule has 0 aliphatic rings. The van der Waals surface area contributed by atoms with E-state index >= 15 is 0 Å². The highest BCUT2D eigenvalue weighted by atomic mass is 32.2. The highest BCUT2D eigenvalue weighted by Gasteiger charge is 2.10. The molecule has 3 nitrogen and oxygen atoms in total. The molecule has 0 aliphatic carbocycles. The molecular formula is C9H9NO2S2. The Morgan fingerprint density at radius 3 is 2.57 bits per heavy atom. The van der Waals surface area contributed by atoms with Crippen LogP contribution < -0.4 is 0 Å². The van der Waals surface area contributed by atoms with E-state index in [2.05, 4.69) is 0 Å². The first-order chi connectivity index (χ1) is 6.43. The fraction of sp³-hybridized carbons (Fsp3) is 0.222. The molecule has 0 amide bonds. The fourth-order valence-corrected chi connectivity index (χ4v) is 2.28. The number of thiophene rings is 1. The SMILES string of the molecule is Cc1ccc(C=C(C#N)S(C)(=O)=O)s1. The van der Waals surface area contributed by atoms with Crippen LogP contribution in [0.5, 0.6) is 0 Å². The molecule has 0 saturated heterocycles. The standard InChI is InChI=1S/C9H9NO2S2/c1-7-3-4-8(13-7)5-9(6-10)14(2,11)12/h3-5H,1-2H3. The molecule has 0 saturated carbocycles. The summed E-state index contributed by atoms with van der Waals surface area (Å²) in [7, 11) is -3.40. The third kappa shape index (κ3) is 2.69. The second kappa shape index (κ2) is 3.95. The molecule has 1 rings (SSSR count). The lowest BCUT2D eigenvalue weighted by Gasteiger charge is -1.91. The van der Waals surface area contributed by atoms with E-state index in [1.807, 2.05) is 13.0 Å². The zero-order valence-electron chi connectivity index (χ0n) is 7.81. The maximum absolute atomic E-state index is 11.1. The molecule has 14 heavy (non-hydrogen) atoms. The van der Waals surface area contributed by atoms with Crippen LogP contribution in [-0.4, -0.2) is 14.7 Å². The summed E-state index contributed by atoms with van der Waals surface area (Å²) in [4.78, 5) is 1.67. The van der Waals surface area contributed by atoms with Crippen LogP contribution in [0.2, 0.25) is 0 Å². The number of nitriles is 1. The van der Waals surface area contributed by atoms with Crippen LogP contribution in [-0.2, 0) is 9.84 Å². The Morgan fingerprint density at radius 2 is 2.21 bits per heavy atom. The Morgan fingerprint density at radius 1 is 1.57 bits per heavy atom. The topological polar surface area (TPSA) is 57.9 Å². The lowest BCUT2D eigenvalue weighted by molar-refractivity contribution is 0.609. The van der Waals surface area contributed by atoms with Crippen molar-refractivity contribution in [2.24, 2.45) is 0 Å². The van der Waals surface area contributed by atoms with E-state index in [9.17, 15) is 8.42 Å². The number of rotatable bonds is 2. The van der Waals surface area contributed by atoms with E-state index in [-0.39, 0.29) is 4.91 Å². The largest absolute Gasteiger partial charge is 0.223 e. The molecular weight excluding hydrogens is 218 g/mol. The number of nitrogens with zero attached hydrogens (tertiary/aromatic N) is 1. The molecule has 74 valence electrons. The van der Waals surface area contributed by atoms with E-state index in [0.717, 1.165) is 16.0 Å². The van der Waals surface area contributed by atoms with E-state index in [1.165, 1.54) is 17.4 Å². The molecule has 0 aromatic carbocycles. The molecule has 0 unspecified atom stereocenters. The Bertz CT molecular complexity index is 503. The number of hydrogen-bond donors (Lipinski definition) is 0. The molecule has 0 bridgehead atoms. The quantitative estimate of drug-likeness (QED) is 0.726. The van der Waals surface area contributed by atoms with Gasteiger partial charge >= 0.3 is 0 Å². The molecule has 0 spiro atoms. The van der Waals surface area contributed by atoms with Gasteiger partial charge in [-0.15, -0.1) is 11.3 Å². The van der Waals surface area contributed by atoms with Crippen LogP contribution in [0.25, 0.3) is 6.08 Å². The van der Waals surface area contributed by atoms with Gasteiger partial charge in [-0.1, -0.05) is 0 Å². The Hall–Kier alpha value is -1.12. The molecule has 0 fully saturated rings. The van der Waals surface area contributed by atoms with Gasteiger partial charge in [0.1, 0.15) is 11.0 Å². The number of sulfone groups is 1. The maximum Gasteiger partial charge on any atom is 0.185 e. The predicted molar refractivity (Wildman–Crippen MR) is 57.5 cm³/mol. The van der Waals surface area contributed by atoms with Crippen LogP contribution in [0.3, 0.4) is 0 Å². The van der Waals surface area contributed by atoms with Gasteiger partial charge < -0.3 is 0 Å². The van der Waals surface area contributed by atoms with Crippen molar-refractivity contribution in [1.82, 2.24) is 0 Å². The van der Waals surface area contributed by atoms with Crippen molar-refractivity contribution in [3.8, 4) is 6.07 Å². The van der Waals surface area contributed by atoms with E-state index in [0.29, 0.717) is 0 Å². The van der Waals surface area contributed by atoms with Crippen molar-refractivity contribution >= 4 is 27.3 Å². The summed E-state index contributed by atoms with van der Waals surface area (Å²) in [5, 5.41) is 8.64. The zero-order chi connectivity index (χ0) is 10.8. The van der Waals surface area contributed by atoms with E-state index in [4.69, 9.17) is 5.26 Å². The second-order valence-electron chi connectivity index (χ2n) is 2.84. The van der Waals surface area contributed by atoms with Crippen molar-refractivity contribution in [3.05, 3.63) is 26.8 Å². The van der Waals surface area contributed by atoms with Crippen LogP contribution in [0.1, 0.15) is 9.75 Å². The molecule has 1 heterocycles. The van der Waals surface area contributed by atoms with Gasteiger partial charge in [0.05, 0.1) is 0 Å². The van der Waals surface area contributed by atoms with Crippen LogP contribution in [0, 0.1) is 18.3 Å². The minimum atomic E-state index is -3.40. The maximum atomic E-state index is 11.1. The third-order valence-electron chi connectivity index (χ3n) is 1.54. The van der Waals surface area contributed by atoms with Crippen molar-refractivity contribution in [3.63, 3.8) is 0 Å². The first-order valence-electron chi connectivity index (χ1n) is 3.82. The van der Waals surface area contributed by atoms with Gasteiger partial charge in [-0.3, -0.25) is 0 Å². The van der Waals surface area contributed by atoms with Crippen LogP contribution in [0.15, 0.2) is 17.0 Å². The lowest BCUT2D eigenvalue weighted by atomic mass is 10.4. The third-order valence-corrected chi connectivity index (χ3v) is 3.50. The summed E-state index contributed by atoms with van der Waals surface area (Å²) in [6.45, 7) is 1.93. The first-order valence-corrected chi connectivity index (χ1v) is 6.52. The van der Waals surface area contributed by atoms with Gasteiger partial charge in [0.15, 0.2) is 9.84 Å². The first kappa shape index (κ1) is 11.0. The number of hydrogen-bond acceptors (Lipinski definition) is 4. The fourth-order valence-electron chi connectivity index (χ4n) is 0.882. The van der Waals surface area contributed by atoms with Crippen molar-refractivity contribution in [1.29, 1.82) is 5.26 Å². The van der Waals surface area contributed by atoms with Gasteiger partial charge in [0.2, 0.25) is 0 Å². The predicted octanol–water partition coefficient (Wildman–Crippen LogP) is 1.97. The Balaban J connectivity index is 3.16. The van der Waals surface area contributed by atoms with Crippen molar-refractivity contribution < 1.29 is 8.42 Å². The second-order valence-corrected chi connectivity index (χ2v) is 6.14. The number of aryl methyl sites for hydroxylation is 1. The molecule has 0 radical (unpaired) electrons. The van der Waals surface area contributed by atoms with Gasteiger partial charge in [0.25, 0.3) is 0 Å². The summed E-state index contributed by atoms with van der Waals surface area (Å²) in [6, 6.07) is 5.36. The van der Waals surface area contributed by atoms with Crippen LogP contribution >= 0.6 is 11.3 Å². The van der Waals surface area contributed by atoms with Gasteiger partial charge in [-0.25, -0.2) is 8.42 Å². The molecule has 1 aromatic heterocycles. The van der Waals surface area contributed by atoms with Gasteiger partial charge in [0, 0.05) is 16.0 Å². The number of allylic oxidation sites excluding steroid dienone is 1. The average molecular weight is 227 g/mol. The minimum absolute atomic E-state index is 0.195.